The van der Waals surface area contributed by atoms with E-state index in [-0.39, 0.29) is 41.1 Å². The third kappa shape index (κ3) is 8.49. The molecule has 2 aliphatic heterocycles. The zero-order valence-corrected chi connectivity index (χ0v) is 37.3. The third-order valence-corrected chi connectivity index (χ3v) is 14.7. The number of nitrogens with zero attached hydrogens (tertiary/aromatic N) is 4. The van der Waals surface area contributed by atoms with Gasteiger partial charge in [-0.2, -0.15) is 0 Å². The van der Waals surface area contributed by atoms with Crippen LogP contribution >= 0.6 is 0 Å². The van der Waals surface area contributed by atoms with Crippen molar-refractivity contribution in [3.8, 4) is 22.4 Å². The average Bonchev–Trinajstić information content (AvgIpc) is 4.01. The zero-order valence-electron chi connectivity index (χ0n) is 36.3. The van der Waals surface area contributed by atoms with Crippen LogP contribution in [-0.2, 0) is 19.1 Å². The minimum atomic E-state index is -1.78. The smallest absolute Gasteiger partial charge is 0.407 e. The van der Waals surface area contributed by atoms with Gasteiger partial charge in [0, 0.05) is 18.1 Å². The molecule has 7 rings (SSSR count). The van der Waals surface area contributed by atoms with Crippen LogP contribution in [0.2, 0.25) is 19.1 Å². The lowest BCUT2D eigenvalue weighted by molar-refractivity contribution is -0.136. The van der Waals surface area contributed by atoms with Gasteiger partial charge in [-0.05, 0) is 63.9 Å². The van der Waals surface area contributed by atoms with Crippen LogP contribution in [-0.4, -0.2) is 101 Å². The highest BCUT2D eigenvalue weighted by atomic mass is 28.3. The fourth-order valence-corrected chi connectivity index (χ4v) is 11.8. The topological polar surface area (TPSA) is 175 Å². The number of H-pyrrole nitrogens is 2. The number of aromatic nitrogens is 4. The Morgan fingerprint density at radius 2 is 1.38 bits per heavy atom. The van der Waals surface area contributed by atoms with Crippen molar-refractivity contribution in [1.29, 1.82) is 0 Å². The van der Waals surface area contributed by atoms with Gasteiger partial charge in [-0.15, -0.1) is 0 Å². The molecule has 0 aliphatic carbocycles. The summed E-state index contributed by atoms with van der Waals surface area (Å²) in [7, 11) is 0.819. The molecule has 318 valence electrons. The van der Waals surface area contributed by atoms with E-state index in [2.05, 4.69) is 102 Å². The molecule has 3 aromatic carbocycles. The van der Waals surface area contributed by atoms with Gasteiger partial charge in [0.2, 0.25) is 11.8 Å². The van der Waals surface area contributed by atoms with E-state index in [1.54, 1.807) is 0 Å². The molecule has 5 aromatic rings. The van der Waals surface area contributed by atoms with Gasteiger partial charge in [0.05, 0.1) is 57.3 Å². The van der Waals surface area contributed by atoms with E-state index in [4.69, 9.17) is 19.4 Å². The van der Waals surface area contributed by atoms with Crippen LogP contribution in [0.25, 0.3) is 44.2 Å². The molecule has 4 amide bonds. The standard InChI is InChI=1S/C45H58N8O6Si/c1-25(2)36(50-43(56)58-7)41(54)52-23-45(5,6)20-34(52)39-46-21-33(48-39)28-13-11-27(12-14-28)29-15-17-31-30(19-29)16-18-32-38(31)49-40(47-32)35-22-60(9,10)24-53(35)42(55)37(26(3)4)51-44(57)59-8/h11-19,21,25-26,34-37H,20,22-24H2,1-10H3,(H,46,48)(H,47,49)(H,50,56)(H,51,57)/t34-,35+,36-,37-/m0/s1. The highest BCUT2D eigenvalue weighted by Gasteiger charge is 2.47. The Morgan fingerprint density at radius 1 is 0.783 bits per heavy atom. The van der Waals surface area contributed by atoms with Crippen molar-refractivity contribution in [3.63, 3.8) is 0 Å². The summed E-state index contributed by atoms with van der Waals surface area (Å²) in [6, 6.07) is 17.8. The number of rotatable bonds is 10. The van der Waals surface area contributed by atoms with Gasteiger partial charge in [0.1, 0.15) is 23.7 Å². The van der Waals surface area contributed by atoms with Gasteiger partial charge in [0.25, 0.3) is 0 Å². The number of imidazole rings is 2. The van der Waals surface area contributed by atoms with Crippen molar-refractivity contribution in [2.75, 3.05) is 26.9 Å². The van der Waals surface area contributed by atoms with E-state index in [0.717, 1.165) is 62.5 Å². The number of methoxy groups -OCH3 is 2. The summed E-state index contributed by atoms with van der Waals surface area (Å²) in [6.07, 6.45) is 1.98. The molecule has 2 fully saturated rings. The van der Waals surface area contributed by atoms with Crippen LogP contribution in [0.3, 0.4) is 0 Å². The maximum absolute atomic E-state index is 14.0. The van der Waals surface area contributed by atoms with Crippen molar-refractivity contribution in [2.45, 2.75) is 91.3 Å². The van der Waals surface area contributed by atoms with E-state index in [1.807, 2.05) is 43.7 Å². The number of carbonyl (C=O) groups excluding carboxylic acids is 4. The summed E-state index contributed by atoms with van der Waals surface area (Å²) in [4.78, 5) is 72.8. The number of carbonyl (C=O) groups is 4. The summed E-state index contributed by atoms with van der Waals surface area (Å²) in [5.41, 5.74) is 5.58. The normalized spacial score (nSPS) is 19.5. The number of fused-ring (bicyclic) bond motifs is 3. The van der Waals surface area contributed by atoms with Gasteiger partial charge < -0.3 is 39.9 Å². The fourth-order valence-electron chi connectivity index (χ4n) is 8.90. The van der Waals surface area contributed by atoms with Gasteiger partial charge in [-0.1, -0.05) is 97.1 Å². The fraction of sp³-hybridized carbons (Fsp3) is 0.467. The molecule has 0 radical (unpaired) electrons. The summed E-state index contributed by atoms with van der Waals surface area (Å²) < 4.78 is 9.64. The minimum absolute atomic E-state index is 0.116. The molecule has 14 nitrogen and oxygen atoms in total. The lowest BCUT2D eigenvalue weighted by Gasteiger charge is -2.30. The average molecular weight is 835 g/mol. The second-order valence-electron chi connectivity index (χ2n) is 18.7. The Kier molecular flexibility index (Phi) is 11.6. The van der Waals surface area contributed by atoms with Crippen LogP contribution < -0.4 is 10.6 Å². The van der Waals surface area contributed by atoms with Gasteiger partial charge >= 0.3 is 12.2 Å². The lowest BCUT2D eigenvalue weighted by atomic mass is 9.90. The molecular formula is C45H58N8O6Si. The largest absolute Gasteiger partial charge is 0.453 e. The van der Waals surface area contributed by atoms with Crippen LogP contribution in [0.4, 0.5) is 9.59 Å². The monoisotopic (exact) mass is 834 g/mol. The molecule has 2 aromatic heterocycles. The van der Waals surface area contributed by atoms with E-state index in [1.165, 1.54) is 14.2 Å². The van der Waals surface area contributed by atoms with Crippen LogP contribution in [0, 0.1) is 17.3 Å². The van der Waals surface area contributed by atoms with E-state index < -0.39 is 32.3 Å². The first-order chi connectivity index (χ1) is 28.4. The predicted molar refractivity (Wildman–Crippen MR) is 235 cm³/mol. The first-order valence-electron chi connectivity index (χ1n) is 20.8. The highest BCUT2D eigenvalue weighted by Crippen LogP contribution is 2.43. The number of amides is 4. The number of benzene rings is 3. The van der Waals surface area contributed by atoms with Crippen molar-refractivity contribution >= 4 is 53.9 Å². The molecule has 4 heterocycles. The maximum atomic E-state index is 14.0. The molecule has 0 unspecified atom stereocenters. The number of nitrogens with one attached hydrogen (secondary N) is 4. The predicted octanol–water partition coefficient (Wildman–Crippen LogP) is 7.96. The molecule has 0 spiro atoms. The first kappa shape index (κ1) is 42.4. The minimum Gasteiger partial charge on any atom is -0.453 e. The third-order valence-electron chi connectivity index (χ3n) is 12.0. The highest BCUT2D eigenvalue weighted by molar-refractivity contribution is 6.78. The summed E-state index contributed by atoms with van der Waals surface area (Å²) in [5, 5.41) is 7.55. The lowest BCUT2D eigenvalue weighted by Crippen LogP contribution is -2.52. The summed E-state index contributed by atoms with van der Waals surface area (Å²) in [5.74, 6) is 0.961. The molecule has 4 N–H and O–H groups in total. The van der Waals surface area contributed by atoms with E-state index in [0.29, 0.717) is 18.5 Å². The number of likely N-dealkylation sites (tertiary alicyclic amines) is 1. The van der Waals surface area contributed by atoms with Crippen LogP contribution in [0.5, 0.6) is 0 Å². The van der Waals surface area contributed by atoms with Crippen molar-refractivity contribution in [1.82, 2.24) is 40.4 Å². The Balaban J connectivity index is 1.11. The summed E-state index contributed by atoms with van der Waals surface area (Å²) in [6.45, 7) is 17.1. The van der Waals surface area contributed by atoms with Gasteiger partial charge in [0.15, 0.2) is 0 Å². The molecule has 0 bridgehead atoms. The molecule has 2 saturated heterocycles. The quantitative estimate of drug-likeness (QED) is 0.103. The number of hydrogen-bond donors (Lipinski definition) is 4. The number of hydrogen-bond acceptors (Lipinski definition) is 8. The Morgan fingerprint density at radius 3 is 2.00 bits per heavy atom. The van der Waals surface area contributed by atoms with E-state index >= 15 is 0 Å². The Bertz CT molecular complexity index is 2420. The van der Waals surface area contributed by atoms with Gasteiger partial charge in [-0.3, -0.25) is 9.59 Å². The molecule has 15 heteroatoms. The number of ether oxygens (including phenoxy) is 2. The Hall–Kier alpha value is -5.70. The molecule has 4 atom stereocenters. The van der Waals surface area contributed by atoms with Crippen molar-refractivity contribution in [3.05, 3.63) is 72.4 Å². The van der Waals surface area contributed by atoms with Gasteiger partial charge in [-0.25, -0.2) is 19.6 Å². The molecule has 0 saturated carbocycles. The molecule has 60 heavy (non-hydrogen) atoms. The Labute approximate surface area is 352 Å². The second kappa shape index (κ2) is 16.4. The number of aromatic amines is 2. The molecule has 2 aliphatic rings. The molecular weight excluding hydrogens is 777 g/mol. The number of alkyl carbamates (subject to hydrolysis) is 2. The van der Waals surface area contributed by atoms with E-state index in [9.17, 15) is 19.2 Å². The van der Waals surface area contributed by atoms with Crippen molar-refractivity contribution in [2.24, 2.45) is 17.3 Å². The zero-order chi connectivity index (χ0) is 43.3. The van der Waals surface area contributed by atoms with Crippen LogP contribution in [0.15, 0.2) is 60.8 Å². The van der Waals surface area contributed by atoms with Crippen molar-refractivity contribution < 1.29 is 28.7 Å². The second-order valence-corrected chi connectivity index (χ2v) is 23.7. The summed E-state index contributed by atoms with van der Waals surface area (Å²) >= 11 is 0. The van der Waals surface area contributed by atoms with Crippen LogP contribution in [0.1, 0.15) is 71.7 Å². The SMILES string of the molecule is COC(=O)N[C@H](C(=O)N1C[Si](C)(C)C[C@@H]1c1nc2c(ccc3cc(-c4ccc(-c5cnc([C@@H]6CC(C)(C)CN6C(=O)[C@@H](NC(=O)OC)C(C)C)[nH]5)cc4)ccc32)[nH]1)C(C)C. The maximum Gasteiger partial charge on any atom is 0.407 e. The first-order valence-corrected chi connectivity index (χ1v) is 24.2.